The zero-order valence-corrected chi connectivity index (χ0v) is 16.4. The molecule has 2 aromatic carbocycles. The number of anilines is 2. The molecule has 29 heavy (non-hydrogen) atoms. The van der Waals surface area contributed by atoms with E-state index in [0.717, 1.165) is 50.1 Å². The van der Waals surface area contributed by atoms with Crippen LogP contribution in [0, 0.1) is 0 Å². The first-order valence-corrected chi connectivity index (χ1v) is 10.1. The third kappa shape index (κ3) is 5.03. The number of nitrogens with one attached hydrogen (secondary N) is 2. The van der Waals surface area contributed by atoms with Crippen LogP contribution in [0.1, 0.15) is 46.3 Å². The van der Waals surface area contributed by atoms with Crippen molar-refractivity contribution in [1.29, 1.82) is 0 Å². The van der Waals surface area contributed by atoms with Crippen molar-refractivity contribution in [2.45, 2.75) is 31.6 Å². The van der Waals surface area contributed by atoms with Gasteiger partial charge < -0.3 is 20.8 Å². The van der Waals surface area contributed by atoms with Crippen LogP contribution in [-0.4, -0.2) is 24.0 Å². The molecule has 4 N–H and O–H groups in total. The summed E-state index contributed by atoms with van der Waals surface area (Å²) in [4.78, 5) is 16.9. The highest BCUT2D eigenvalue weighted by molar-refractivity contribution is 6.02. The van der Waals surface area contributed by atoms with E-state index >= 15 is 0 Å². The molecule has 1 aliphatic rings. The molecule has 0 atom stereocenters. The van der Waals surface area contributed by atoms with E-state index in [-0.39, 0.29) is 11.8 Å². The van der Waals surface area contributed by atoms with Gasteiger partial charge >= 0.3 is 0 Å². The first-order chi connectivity index (χ1) is 14.2. The van der Waals surface area contributed by atoms with Gasteiger partial charge in [-0.15, -0.1) is 0 Å². The molecule has 6 nitrogen and oxygen atoms in total. The van der Waals surface area contributed by atoms with Gasteiger partial charge in [0.25, 0.3) is 5.91 Å². The number of amides is 1. The number of hydrogen-bond donors (Lipinski definition) is 3. The van der Waals surface area contributed by atoms with Crippen molar-refractivity contribution in [3.05, 3.63) is 77.5 Å². The van der Waals surface area contributed by atoms with Crippen LogP contribution in [0.25, 0.3) is 0 Å². The SMILES string of the molecule is Nc1ccc(CCc2ccc(NC(=O)c3coc(C4CCNCC4)n3)cc2)cc1. The summed E-state index contributed by atoms with van der Waals surface area (Å²) in [6.07, 6.45) is 5.30. The normalized spacial score (nSPS) is 14.6. The summed E-state index contributed by atoms with van der Waals surface area (Å²) in [5, 5.41) is 6.21. The predicted octanol–water partition coefficient (Wildman–Crippen LogP) is 3.76. The smallest absolute Gasteiger partial charge is 0.277 e. The van der Waals surface area contributed by atoms with Crippen molar-refractivity contribution in [2.24, 2.45) is 0 Å². The Balaban J connectivity index is 1.31. The number of nitrogens with two attached hydrogens (primary N) is 1. The average molecular weight is 390 g/mol. The maximum atomic E-state index is 12.5. The zero-order valence-electron chi connectivity index (χ0n) is 16.4. The molecule has 2 heterocycles. The molecule has 1 saturated heterocycles. The molecule has 0 saturated carbocycles. The predicted molar refractivity (Wildman–Crippen MR) is 114 cm³/mol. The minimum absolute atomic E-state index is 0.247. The lowest BCUT2D eigenvalue weighted by Crippen LogP contribution is -2.26. The van der Waals surface area contributed by atoms with Crippen LogP contribution in [0.4, 0.5) is 11.4 Å². The topological polar surface area (TPSA) is 93.2 Å². The Bertz CT molecular complexity index is 942. The summed E-state index contributed by atoms with van der Waals surface area (Å²) in [5.41, 5.74) is 10.1. The molecule has 0 radical (unpaired) electrons. The van der Waals surface area contributed by atoms with Crippen molar-refractivity contribution in [3.63, 3.8) is 0 Å². The van der Waals surface area contributed by atoms with E-state index in [4.69, 9.17) is 10.2 Å². The van der Waals surface area contributed by atoms with E-state index in [1.807, 2.05) is 36.4 Å². The number of nitrogen functional groups attached to an aromatic ring is 1. The number of aromatic nitrogens is 1. The van der Waals surface area contributed by atoms with E-state index in [2.05, 4.69) is 27.8 Å². The van der Waals surface area contributed by atoms with E-state index in [0.29, 0.717) is 11.6 Å². The number of hydrogen-bond acceptors (Lipinski definition) is 5. The summed E-state index contributed by atoms with van der Waals surface area (Å²) in [7, 11) is 0. The molecular formula is C23H26N4O2. The van der Waals surface area contributed by atoms with E-state index in [9.17, 15) is 4.79 Å². The molecular weight excluding hydrogens is 364 g/mol. The Morgan fingerprint density at radius 3 is 2.31 bits per heavy atom. The lowest BCUT2D eigenvalue weighted by atomic mass is 9.98. The van der Waals surface area contributed by atoms with Crippen molar-refractivity contribution in [2.75, 3.05) is 24.1 Å². The van der Waals surface area contributed by atoms with Crippen LogP contribution >= 0.6 is 0 Å². The fraction of sp³-hybridized carbons (Fsp3) is 0.304. The Kier molecular flexibility index (Phi) is 5.91. The summed E-state index contributed by atoms with van der Waals surface area (Å²) in [6, 6.07) is 15.9. The Labute approximate surface area is 170 Å². The third-order valence-corrected chi connectivity index (χ3v) is 5.34. The summed E-state index contributed by atoms with van der Waals surface area (Å²) in [6.45, 7) is 1.92. The van der Waals surface area contributed by atoms with Crippen LogP contribution in [0.3, 0.4) is 0 Å². The Morgan fingerprint density at radius 1 is 1.03 bits per heavy atom. The molecule has 0 spiro atoms. The van der Waals surface area contributed by atoms with Gasteiger partial charge in [-0.3, -0.25) is 4.79 Å². The monoisotopic (exact) mass is 390 g/mol. The minimum Gasteiger partial charge on any atom is -0.448 e. The second kappa shape index (κ2) is 8.92. The molecule has 1 aromatic heterocycles. The average Bonchev–Trinajstić information content (AvgIpc) is 3.26. The van der Waals surface area contributed by atoms with E-state index in [1.165, 1.54) is 17.4 Å². The minimum atomic E-state index is -0.247. The number of oxazole rings is 1. The number of aryl methyl sites for hydroxylation is 2. The highest BCUT2D eigenvalue weighted by Crippen LogP contribution is 2.24. The van der Waals surface area contributed by atoms with E-state index in [1.54, 1.807) is 0 Å². The molecule has 6 heteroatoms. The van der Waals surface area contributed by atoms with Gasteiger partial charge in [-0.25, -0.2) is 4.98 Å². The van der Waals surface area contributed by atoms with Crippen LogP contribution in [0.2, 0.25) is 0 Å². The van der Waals surface area contributed by atoms with Crippen molar-refractivity contribution < 1.29 is 9.21 Å². The zero-order chi connectivity index (χ0) is 20.1. The van der Waals surface area contributed by atoms with Gasteiger partial charge in [0.1, 0.15) is 6.26 Å². The maximum Gasteiger partial charge on any atom is 0.277 e. The second-order valence-corrected chi connectivity index (χ2v) is 7.49. The fourth-order valence-electron chi connectivity index (χ4n) is 3.57. The lowest BCUT2D eigenvalue weighted by Gasteiger charge is -2.19. The van der Waals surface area contributed by atoms with Gasteiger partial charge in [-0.05, 0) is 74.2 Å². The number of carbonyl (C=O) groups is 1. The quantitative estimate of drug-likeness (QED) is 0.557. The molecule has 1 aliphatic heterocycles. The van der Waals surface area contributed by atoms with Crippen molar-refractivity contribution >= 4 is 17.3 Å². The van der Waals surface area contributed by atoms with Gasteiger partial charge in [-0.1, -0.05) is 24.3 Å². The van der Waals surface area contributed by atoms with E-state index < -0.39 is 0 Å². The molecule has 1 fully saturated rings. The number of nitrogens with zero attached hydrogens (tertiary/aromatic N) is 1. The largest absolute Gasteiger partial charge is 0.448 e. The van der Waals surface area contributed by atoms with Crippen LogP contribution < -0.4 is 16.4 Å². The molecule has 0 unspecified atom stereocenters. The molecule has 150 valence electrons. The summed E-state index contributed by atoms with van der Waals surface area (Å²) in [5.74, 6) is 0.705. The van der Waals surface area contributed by atoms with Crippen molar-refractivity contribution in [1.82, 2.24) is 10.3 Å². The maximum absolute atomic E-state index is 12.5. The van der Waals surface area contributed by atoms with Gasteiger partial charge in [0, 0.05) is 17.3 Å². The van der Waals surface area contributed by atoms with Crippen LogP contribution in [0.15, 0.2) is 59.2 Å². The number of rotatable bonds is 6. The number of carbonyl (C=O) groups excluding carboxylic acids is 1. The molecule has 0 bridgehead atoms. The highest BCUT2D eigenvalue weighted by Gasteiger charge is 2.22. The van der Waals surface area contributed by atoms with Gasteiger partial charge in [0.15, 0.2) is 11.6 Å². The first-order valence-electron chi connectivity index (χ1n) is 10.1. The highest BCUT2D eigenvalue weighted by atomic mass is 16.3. The molecule has 0 aliphatic carbocycles. The summed E-state index contributed by atoms with van der Waals surface area (Å²) >= 11 is 0. The third-order valence-electron chi connectivity index (χ3n) is 5.34. The van der Waals surface area contributed by atoms with Crippen LogP contribution in [0.5, 0.6) is 0 Å². The van der Waals surface area contributed by atoms with Gasteiger partial charge in [0.2, 0.25) is 0 Å². The summed E-state index contributed by atoms with van der Waals surface area (Å²) < 4.78 is 5.56. The molecule has 1 amide bonds. The number of benzene rings is 2. The second-order valence-electron chi connectivity index (χ2n) is 7.49. The number of piperidine rings is 1. The first kappa shape index (κ1) is 19.2. The lowest BCUT2D eigenvalue weighted by molar-refractivity contribution is 0.102. The van der Waals surface area contributed by atoms with Crippen LogP contribution in [-0.2, 0) is 12.8 Å². The molecule has 4 rings (SSSR count). The van der Waals surface area contributed by atoms with Gasteiger partial charge in [-0.2, -0.15) is 0 Å². The van der Waals surface area contributed by atoms with Crippen molar-refractivity contribution in [3.8, 4) is 0 Å². The standard InChI is InChI=1S/C23H26N4O2/c24-19-7-3-16(4-8-19)1-2-17-5-9-20(10-6-17)26-22(28)21-15-29-23(27-21)18-11-13-25-14-12-18/h3-10,15,18,25H,1-2,11-14,24H2,(H,26,28). The molecule has 3 aromatic rings. The fourth-order valence-corrected chi connectivity index (χ4v) is 3.57. The van der Waals surface area contributed by atoms with Gasteiger partial charge in [0.05, 0.1) is 0 Å². The Morgan fingerprint density at radius 2 is 1.66 bits per heavy atom. The Hall–Kier alpha value is -3.12.